The summed E-state index contributed by atoms with van der Waals surface area (Å²) in [4.78, 5) is 30.9. The van der Waals surface area contributed by atoms with E-state index in [4.69, 9.17) is 0 Å². The van der Waals surface area contributed by atoms with Gasteiger partial charge in [-0.05, 0) is 37.0 Å². The Hall–Kier alpha value is -2.43. The Morgan fingerprint density at radius 1 is 1.14 bits per heavy atom. The van der Waals surface area contributed by atoms with Crippen LogP contribution in [0.1, 0.15) is 48.2 Å². The molecule has 116 valence electrons. The smallest absolute Gasteiger partial charge is 0.264 e. The number of anilines is 1. The molecule has 5 heteroatoms. The van der Waals surface area contributed by atoms with E-state index in [-0.39, 0.29) is 11.0 Å². The Morgan fingerprint density at radius 3 is 2.23 bits per heavy atom. The molecule has 0 bridgehead atoms. The van der Waals surface area contributed by atoms with Crippen molar-refractivity contribution in [1.82, 2.24) is 9.97 Å². The van der Waals surface area contributed by atoms with Crippen molar-refractivity contribution >= 4 is 11.6 Å². The van der Waals surface area contributed by atoms with E-state index >= 15 is 0 Å². The quantitative estimate of drug-likeness (QED) is 0.895. The number of aryl methyl sites for hydroxylation is 2. The van der Waals surface area contributed by atoms with Gasteiger partial charge in [-0.2, -0.15) is 0 Å². The molecule has 5 nitrogen and oxygen atoms in total. The molecule has 0 unspecified atom stereocenters. The van der Waals surface area contributed by atoms with Crippen LogP contribution in [-0.2, 0) is 5.41 Å². The Labute approximate surface area is 129 Å². The summed E-state index contributed by atoms with van der Waals surface area (Å²) < 4.78 is 0. The summed E-state index contributed by atoms with van der Waals surface area (Å²) in [7, 11) is 0. The van der Waals surface area contributed by atoms with E-state index in [2.05, 4.69) is 36.1 Å². The number of benzene rings is 1. The minimum Gasteiger partial charge on any atom is -0.322 e. The molecule has 2 aromatic rings. The first-order chi connectivity index (χ1) is 10.2. The summed E-state index contributed by atoms with van der Waals surface area (Å²) >= 11 is 0. The van der Waals surface area contributed by atoms with Crippen LogP contribution in [0.5, 0.6) is 0 Å². The van der Waals surface area contributed by atoms with Crippen molar-refractivity contribution in [3.63, 3.8) is 0 Å². The Morgan fingerprint density at radius 2 is 1.73 bits per heavy atom. The maximum Gasteiger partial charge on any atom is 0.264 e. The van der Waals surface area contributed by atoms with E-state index in [0.717, 1.165) is 0 Å². The summed E-state index contributed by atoms with van der Waals surface area (Å²) in [5.41, 5.74) is 1.93. The van der Waals surface area contributed by atoms with Gasteiger partial charge in [0.25, 0.3) is 11.5 Å². The number of amides is 1. The molecule has 0 atom stereocenters. The Balaban J connectivity index is 2.25. The molecule has 2 N–H and O–H groups in total. The van der Waals surface area contributed by atoms with Gasteiger partial charge < -0.3 is 10.3 Å². The third kappa shape index (κ3) is 3.42. The first kappa shape index (κ1) is 15.9. The van der Waals surface area contributed by atoms with Crippen LogP contribution in [0.3, 0.4) is 0 Å². The predicted octanol–water partition coefficient (Wildman–Crippen LogP) is 2.94. The monoisotopic (exact) mass is 299 g/mol. The van der Waals surface area contributed by atoms with Crippen molar-refractivity contribution in [1.29, 1.82) is 0 Å². The zero-order valence-corrected chi connectivity index (χ0v) is 13.6. The minimum absolute atomic E-state index is 0.0468. The summed E-state index contributed by atoms with van der Waals surface area (Å²) in [6.45, 7) is 9.71. The molecular weight excluding hydrogens is 278 g/mol. The van der Waals surface area contributed by atoms with Gasteiger partial charge in [0.2, 0.25) is 0 Å². The number of carbonyl (C=O) groups excluding carboxylic acids is 1. The molecule has 2 rings (SSSR count). The average Bonchev–Trinajstić information content (AvgIpc) is 2.36. The topological polar surface area (TPSA) is 74.8 Å². The molecule has 22 heavy (non-hydrogen) atoms. The van der Waals surface area contributed by atoms with Gasteiger partial charge in [-0.15, -0.1) is 0 Å². The third-order valence-electron chi connectivity index (χ3n) is 3.45. The molecule has 0 spiro atoms. The van der Waals surface area contributed by atoms with Gasteiger partial charge in [0.1, 0.15) is 11.4 Å². The number of hydrogen-bond acceptors (Lipinski definition) is 3. The normalized spacial score (nSPS) is 11.3. The lowest BCUT2D eigenvalue weighted by Gasteiger charge is -2.19. The van der Waals surface area contributed by atoms with E-state index in [1.54, 1.807) is 13.8 Å². The number of carbonyl (C=O) groups is 1. The zero-order valence-electron chi connectivity index (χ0n) is 13.6. The lowest BCUT2D eigenvalue weighted by Crippen LogP contribution is -2.26. The number of hydrogen-bond donors (Lipinski definition) is 2. The van der Waals surface area contributed by atoms with E-state index in [0.29, 0.717) is 17.2 Å². The number of aromatic amines is 1. The first-order valence-corrected chi connectivity index (χ1v) is 7.18. The van der Waals surface area contributed by atoms with E-state index in [9.17, 15) is 9.59 Å². The highest BCUT2D eigenvalue weighted by molar-refractivity contribution is 6.04. The molecule has 0 saturated heterocycles. The van der Waals surface area contributed by atoms with E-state index in [1.165, 1.54) is 5.56 Å². The van der Waals surface area contributed by atoms with Crippen molar-refractivity contribution in [2.24, 2.45) is 0 Å². The second-order valence-electron chi connectivity index (χ2n) is 6.39. The first-order valence-electron chi connectivity index (χ1n) is 7.18. The van der Waals surface area contributed by atoms with Crippen LogP contribution < -0.4 is 10.9 Å². The number of H-pyrrole nitrogens is 1. The predicted molar refractivity (Wildman–Crippen MR) is 87.4 cm³/mol. The number of rotatable bonds is 2. The van der Waals surface area contributed by atoms with Gasteiger partial charge in [-0.25, -0.2) is 4.98 Å². The summed E-state index contributed by atoms with van der Waals surface area (Å²) in [5, 5.41) is 2.74. The number of aromatic nitrogens is 2. The molecule has 0 aliphatic heterocycles. The van der Waals surface area contributed by atoms with Gasteiger partial charge in [-0.3, -0.25) is 9.59 Å². The number of nitrogens with zero attached hydrogens (tertiary/aromatic N) is 1. The lowest BCUT2D eigenvalue weighted by atomic mass is 9.87. The summed E-state index contributed by atoms with van der Waals surface area (Å²) in [6, 6.07) is 7.62. The molecule has 1 aromatic heterocycles. The molecule has 1 aromatic carbocycles. The van der Waals surface area contributed by atoms with Gasteiger partial charge in [-0.1, -0.05) is 32.9 Å². The number of nitrogens with one attached hydrogen (secondary N) is 2. The van der Waals surface area contributed by atoms with Gasteiger partial charge >= 0.3 is 0 Å². The fourth-order valence-electron chi connectivity index (χ4n) is 2.24. The van der Waals surface area contributed by atoms with Gasteiger partial charge in [0.15, 0.2) is 0 Å². The fraction of sp³-hybridized carbons (Fsp3) is 0.353. The SMILES string of the molecule is Cc1nc(C)c(C(=O)Nc2ccc(C(C)(C)C)cc2)c(=O)[nH]1. The maximum atomic E-state index is 12.3. The molecule has 0 radical (unpaired) electrons. The van der Waals surface area contributed by atoms with Crippen molar-refractivity contribution < 1.29 is 4.79 Å². The highest BCUT2D eigenvalue weighted by atomic mass is 16.2. The lowest BCUT2D eigenvalue weighted by molar-refractivity contribution is 0.102. The standard InChI is InChI=1S/C17H21N3O2/c1-10-14(15(21)19-11(2)18-10)16(22)20-13-8-6-12(7-9-13)17(3,4)5/h6-9H,1-5H3,(H,20,22)(H,18,19,21). The van der Waals surface area contributed by atoms with Crippen molar-refractivity contribution in [2.45, 2.75) is 40.0 Å². The van der Waals surface area contributed by atoms with Crippen LogP contribution in [-0.4, -0.2) is 15.9 Å². The van der Waals surface area contributed by atoms with Crippen LogP contribution in [0, 0.1) is 13.8 Å². The Bertz CT molecular complexity index is 753. The van der Waals surface area contributed by atoms with E-state index < -0.39 is 11.5 Å². The minimum atomic E-state index is -0.449. The summed E-state index contributed by atoms with van der Waals surface area (Å²) in [6.07, 6.45) is 0. The molecule has 0 aliphatic carbocycles. The van der Waals surface area contributed by atoms with Gasteiger partial charge in [0, 0.05) is 5.69 Å². The molecule has 1 amide bonds. The Kier molecular flexibility index (Phi) is 4.17. The van der Waals surface area contributed by atoms with Crippen LogP contribution in [0.2, 0.25) is 0 Å². The van der Waals surface area contributed by atoms with Gasteiger partial charge in [0.05, 0.1) is 5.69 Å². The second-order valence-corrected chi connectivity index (χ2v) is 6.39. The largest absolute Gasteiger partial charge is 0.322 e. The highest BCUT2D eigenvalue weighted by Gasteiger charge is 2.17. The highest BCUT2D eigenvalue weighted by Crippen LogP contribution is 2.23. The summed E-state index contributed by atoms with van der Waals surface area (Å²) in [5.74, 6) is 0.0448. The molecule has 0 aliphatic rings. The van der Waals surface area contributed by atoms with Crippen molar-refractivity contribution in [3.8, 4) is 0 Å². The van der Waals surface area contributed by atoms with E-state index in [1.807, 2.05) is 24.3 Å². The van der Waals surface area contributed by atoms with Crippen LogP contribution in [0.4, 0.5) is 5.69 Å². The van der Waals surface area contributed by atoms with Crippen LogP contribution in [0.15, 0.2) is 29.1 Å². The van der Waals surface area contributed by atoms with Crippen molar-refractivity contribution in [2.75, 3.05) is 5.32 Å². The zero-order chi connectivity index (χ0) is 16.5. The second kappa shape index (κ2) is 5.75. The molecule has 0 fully saturated rings. The maximum absolute atomic E-state index is 12.3. The molecule has 0 saturated carbocycles. The average molecular weight is 299 g/mol. The molecular formula is C17H21N3O2. The molecule has 1 heterocycles. The van der Waals surface area contributed by atoms with Crippen LogP contribution in [0.25, 0.3) is 0 Å². The third-order valence-corrected chi connectivity index (χ3v) is 3.45. The van der Waals surface area contributed by atoms with Crippen molar-refractivity contribution in [3.05, 3.63) is 57.3 Å². The fourth-order valence-corrected chi connectivity index (χ4v) is 2.24. The van der Waals surface area contributed by atoms with Crippen LogP contribution >= 0.6 is 0 Å².